The maximum absolute atomic E-state index is 12.9. The molecule has 5 nitrogen and oxygen atoms in total. The second kappa shape index (κ2) is 6.10. The third-order valence-electron chi connectivity index (χ3n) is 3.59. The van der Waals surface area contributed by atoms with E-state index in [4.69, 9.17) is 9.47 Å². The molecule has 1 aliphatic heterocycles. The molecule has 1 fully saturated rings. The minimum atomic E-state index is -2.70. The number of nitrogens with zero attached hydrogens (tertiary/aromatic N) is 2. The van der Waals surface area contributed by atoms with Crippen molar-refractivity contribution in [2.24, 2.45) is 0 Å². The number of benzene rings is 1. The molecule has 22 heavy (non-hydrogen) atoms. The summed E-state index contributed by atoms with van der Waals surface area (Å²) < 4.78 is 36.8. The number of nitrogens with one attached hydrogen (secondary N) is 1. The lowest BCUT2D eigenvalue weighted by Gasteiger charge is -2.22. The van der Waals surface area contributed by atoms with Gasteiger partial charge in [0.15, 0.2) is 11.6 Å². The molecule has 1 aromatic heterocycles. The average Bonchev–Trinajstić information content (AvgIpc) is 2.93. The largest absolute Gasteiger partial charge is 0.369 e. The van der Waals surface area contributed by atoms with Gasteiger partial charge >= 0.3 is 0 Å². The van der Waals surface area contributed by atoms with E-state index in [-0.39, 0.29) is 0 Å². The van der Waals surface area contributed by atoms with Gasteiger partial charge in [-0.2, -0.15) is 0 Å². The van der Waals surface area contributed by atoms with E-state index in [9.17, 15) is 8.78 Å². The van der Waals surface area contributed by atoms with Gasteiger partial charge in [-0.15, -0.1) is 0 Å². The Morgan fingerprint density at radius 3 is 2.68 bits per heavy atom. The van der Waals surface area contributed by atoms with Crippen LogP contribution in [0, 0.1) is 0 Å². The van der Waals surface area contributed by atoms with E-state index in [0.29, 0.717) is 42.9 Å². The lowest BCUT2D eigenvalue weighted by Crippen LogP contribution is -2.28. The Balaban J connectivity index is 1.79. The fourth-order valence-corrected chi connectivity index (χ4v) is 2.44. The molecular formula is C15H17F2N3O2. The summed E-state index contributed by atoms with van der Waals surface area (Å²) in [4.78, 5) is 7.82. The topological polar surface area (TPSA) is 56.3 Å². The smallest absolute Gasteiger partial charge is 0.297 e. The highest BCUT2D eigenvalue weighted by molar-refractivity contribution is 5.88. The van der Waals surface area contributed by atoms with Crippen LogP contribution in [0.5, 0.6) is 0 Å². The van der Waals surface area contributed by atoms with E-state index in [2.05, 4.69) is 15.3 Å². The van der Waals surface area contributed by atoms with Gasteiger partial charge in [0.2, 0.25) is 0 Å². The predicted molar refractivity (Wildman–Crippen MR) is 77.9 cm³/mol. The number of alkyl halides is 2. The first-order chi connectivity index (χ1) is 10.6. The van der Waals surface area contributed by atoms with Crippen molar-refractivity contribution in [2.45, 2.75) is 25.6 Å². The Bertz CT molecular complexity index is 660. The number of halogens is 2. The molecule has 7 heteroatoms. The van der Waals surface area contributed by atoms with E-state index >= 15 is 0 Å². The zero-order valence-electron chi connectivity index (χ0n) is 12.2. The highest BCUT2D eigenvalue weighted by Gasteiger charge is 2.30. The molecule has 0 amide bonds. The van der Waals surface area contributed by atoms with Gasteiger partial charge in [-0.05, 0) is 19.1 Å². The van der Waals surface area contributed by atoms with Crippen LogP contribution in [0.1, 0.15) is 25.6 Å². The maximum Gasteiger partial charge on any atom is 0.297 e. The van der Waals surface area contributed by atoms with E-state index in [1.165, 1.54) is 0 Å². The molecule has 0 unspecified atom stereocenters. The van der Waals surface area contributed by atoms with Gasteiger partial charge in [0.05, 0.1) is 18.7 Å². The third-order valence-corrected chi connectivity index (χ3v) is 3.59. The number of fused-ring (bicyclic) bond motifs is 1. The van der Waals surface area contributed by atoms with Crippen molar-refractivity contribution >= 4 is 16.7 Å². The van der Waals surface area contributed by atoms with E-state index in [1.807, 2.05) is 13.0 Å². The van der Waals surface area contributed by atoms with Crippen LogP contribution in [-0.2, 0) is 9.47 Å². The molecule has 0 atom stereocenters. The Kier molecular flexibility index (Phi) is 4.17. The molecule has 0 bridgehead atoms. The average molecular weight is 309 g/mol. The van der Waals surface area contributed by atoms with Gasteiger partial charge in [0.1, 0.15) is 5.82 Å². The van der Waals surface area contributed by atoms with Crippen molar-refractivity contribution in [2.75, 3.05) is 25.1 Å². The van der Waals surface area contributed by atoms with E-state index < -0.39 is 18.0 Å². The highest BCUT2D eigenvalue weighted by Crippen LogP contribution is 2.26. The van der Waals surface area contributed by atoms with Crippen LogP contribution in [0.3, 0.4) is 0 Å². The monoisotopic (exact) mass is 309 g/mol. The standard InChI is InChI=1S/C15H17F2N3O2/c1-15(21-8-9-22-15)6-7-18-13-10-4-2-3-5-11(10)19-14(20-13)12(16)17/h2-5,12H,6-9H2,1H3,(H,18,19,20). The van der Waals surface area contributed by atoms with E-state index in [1.54, 1.807) is 18.2 Å². The molecule has 0 aliphatic carbocycles. The Labute approximate surface area is 126 Å². The van der Waals surface area contributed by atoms with Crippen molar-refractivity contribution in [3.05, 3.63) is 30.1 Å². The van der Waals surface area contributed by atoms with Crippen molar-refractivity contribution in [1.82, 2.24) is 9.97 Å². The molecular weight excluding hydrogens is 292 g/mol. The summed E-state index contributed by atoms with van der Waals surface area (Å²) in [7, 11) is 0. The van der Waals surface area contributed by atoms with Gasteiger partial charge in [0.25, 0.3) is 6.43 Å². The van der Waals surface area contributed by atoms with Crippen LogP contribution in [0.15, 0.2) is 24.3 Å². The Morgan fingerprint density at radius 2 is 1.95 bits per heavy atom. The normalized spacial score (nSPS) is 17.3. The summed E-state index contributed by atoms with van der Waals surface area (Å²) in [5.74, 6) is -0.690. The number of rotatable bonds is 5. The van der Waals surface area contributed by atoms with Gasteiger partial charge in [0, 0.05) is 18.4 Å². The Morgan fingerprint density at radius 1 is 1.23 bits per heavy atom. The molecule has 0 radical (unpaired) electrons. The molecule has 3 rings (SSSR count). The van der Waals surface area contributed by atoms with Crippen LogP contribution in [0.4, 0.5) is 14.6 Å². The molecule has 1 aliphatic rings. The summed E-state index contributed by atoms with van der Waals surface area (Å²) >= 11 is 0. The molecule has 0 spiro atoms. The molecule has 118 valence electrons. The molecule has 1 N–H and O–H groups in total. The fourth-order valence-electron chi connectivity index (χ4n) is 2.44. The Hall–Kier alpha value is -1.86. The number of ether oxygens (including phenoxy) is 2. The number of anilines is 1. The maximum atomic E-state index is 12.9. The van der Waals surface area contributed by atoms with Crippen LogP contribution >= 0.6 is 0 Å². The summed E-state index contributed by atoms with van der Waals surface area (Å²) in [6.45, 7) is 3.51. The lowest BCUT2D eigenvalue weighted by molar-refractivity contribution is -0.144. The SMILES string of the molecule is CC1(CCNc2nc(C(F)F)nc3ccccc23)OCCO1. The second-order valence-electron chi connectivity index (χ2n) is 5.26. The number of hydrogen-bond donors (Lipinski definition) is 1. The summed E-state index contributed by atoms with van der Waals surface area (Å²) in [5.41, 5.74) is 0.495. The first kappa shape index (κ1) is 15.1. The predicted octanol–water partition coefficient (Wildman–Crippen LogP) is 3.13. The van der Waals surface area contributed by atoms with Crippen LogP contribution < -0.4 is 5.32 Å². The summed E-state index contributed by atoms with van der Waals surface area (Å²) in [6, 6.07) is 7.08. The summed E-state index contributed by atoms with van der Waals surface area (Å²) in [6.07, 6.45) is -2.11. The zero-order valence-corrected chi connectivity index (χ0v) is 12.2. The van der Waals surface area contributed by atoms with Crippen molar-refractivity contribution in [3.63, 3.8) is 0 Å². The third kappa shape index (κ3) is 3.15. The number of aromatic nitrogens is 2. The molecule has 2 aromatic rings. The quantitative estimate of drug-likeness (QED) is 0.919. The zero-order chi connectivity index (χ0) is 15.6. The van der Waals surface area contributed by atoms with Crippen LogP contribution in [0.25, 0.3) is 10.9 Å². The summed E-state index contributed by atoms with van der Waals surface area (Å²) in [5, 5.41) is 3.80. The molecule has 1 saturated heterocycles. The molecule has 2 heterocycles. The van der Waals surface area contributed by atoms with Gasteiger partial charge in [-0.1, -0.05) is 12.1 Å². The minimum absolute atomic E-state index is 0.405. The molecule has 1 aromatic carbocycles. The minimum Gasteiger partial charge on any atom is -0.369 e. The first-order valence-electron chi connectivity index (χ1n) is 7.14. The van der Waals surface area contributed by atoms with Crippen LogP contribution in [-0.4, -0.2) is 35.5 Å². The highest BCUT2D eigenvalue weighted by atomic mass is 19.3. The lowest BCUT2D eigenvalue weighted by atomic mass is 10.2. The van der Waals surface area contributed by atoms with Gasteiger partial charge in [-0.25, -0.2) is 18.7 Å². The van der Waals surface area contributed by atoms with Gasteiger partial charge < -0.3 is 14.8 Å². The van der Waals surface area contributed by atoms with Crippen molar-refractivity contribution < 1.29 is 18.3 Å². The van der Waals surface area contributed by atoms with Crippen molar-refractivity contribution in [3.8, 4) is 0 Å². The van der Waals surface area contributed by atoms with Gasteiger partial charge in [-0.3, -0.25) is 0 Å². The van der Waals surface area contributed by atoms with Crippen molar-refractivity contribution in [1.29, 1.82) is 0 Å². The number of hydrogen-bond acceptors (Lipinski definition) is 5. The first-order valence-corrected chi connectivity index (χ1v) is 7.14. The van der Waals surface area contributed by atoms with Crippen LogP contribution in [0.2, 0.25) is 0 Å². The fraction of sp³-hybridized carbons (Fsp3) is 0.467. The number of para-hydroxylation sites is 1. The van der Waals surface area contributed by atoms with E-state index in [0.717, 1.165) is 0 Å². The second-order valence-corrected chi connectivity index (χ2v) is 5.26. The molecule has 0 saturated carbocycles.